The Hall–Kier alpha value is -1.95. The maximum absolute atomic E-state index is 14.0. The molecule has 0 aliphatic rings. The van der Waals surface area contributed by atoms with Crippen LogP contribution in [0.15, 0.2) is 24.4 Å². The molecule has 0 amide bonds. The van der Waals surface area contributed by atoms with Crippen LogP contribution in [0.5, 0.6) is 0 Å². The molecule has 0 saturated carbocycles. The Balaban J connectivity index is 2.59. The lowest BCUT2D eigenvalue weighted by Crippen LogP contribution is -2.34. The fourth-order valence-corrected chi connectivity index (χ4v) is 1.69. The van der Waals surface area contributed by atoms with Gasteiger partial charge in [0.1, 0.15) is 0 Å². The molecule has 0 aliphatic heterocycles. The molecule has 0 fully saturated rings. The third-order valence-electron chi connectivity index (χ3n) is 2.76. The second-order valence-electron chi connectivity index (χ2n) is 3.81. The average molecular weight is 238 g/mol. The highest BCUT2D eigenvalue weighted by atomic mass is 19.1. The van der Waals surface area contributed by atoms with Crippen molar-refractivity contribution in [3.63, 3.8) is 0 Å². The minimum Gasteiger partial charge on any atom is -0.479 e. The van der Waals surface area contributed by atoms with Crippen molar-refractivity contribution in [1.82, 2.24) is 9.78 Å². The van der Waals surface area contributed by atoms with Crippen LogP contribution in [0.2, 0.25) is 0 Å². The van der Waals surface area contributed by atoms with Gasteiger partial charge in [0, 0.05) is 18.0 Å². The van der Waals surface area contributed by atoms with E-state index < -0.39 is 18.2 Å². The third kappa shape index (κ3) is 1.66. The van der Waals surface area contributed by atoms with Crippen molar-refractivity contribution in [2.24, 2.45) is 7.05 Å². The molecule has 2 N–H and O–H groups in total. The summed E-state index contributed by atoms with van der Waals surface area (Å²) in [5.74, 6) is -1.71. The molecule has 0 spiro atoms. The van der Waals surface area contributed by atoms with Crippen molar-refractivity contribution in [1.29, 1.82) is 0 Å². The van der Waals surface area contributed by atoms with E-state index >= 15 is 0 Å². The molecule has 1 unspecified atom stereocenters. The van der Waals surface area contributed by atoms with Gasteiger partial charge >= 0.3 is 5.97 Å². The van der Waals surface area contributed by atoms with Gasteiger partial charge in [0.25, 0.3) is 5.67 Å². The van der Waals surface area contributed by atoms with Crippen LogP contribution in [0.4, 0.5) is 4.39 Å². The van der Waals surface area contributed by atoms with E-state index in [-0.39, 0.29) is 5.56 Å². The van der Waals surface area contributed by atoms with Crippen LogP contribution in [0.25, 0.3) is 10.9 Å². The van der Waals surface area contributed by atoms with Crippen molar-refractivity contribution in [3.05, 3.63) is 30.0 Å². The SMILES string of the molecule is Cn1ncc2cc(C(F)(CO)C(=O)O)ccc21. The van der Waals surface area contributed by atoms with Gasteiger partial charge in [-0.1, -0.05) is 6.07 Å². The molecule has 5 nitrogen and oxygen atoms in total. The molecule has 0 radical (unpaired) electrons. The summed E-state index contributed by atoms with van der Waals surface area (Å²) in [5, 5.41) is 22.3. The van der Waals surface area contributed by atoms with E-state index in [0.29, 0.717) is 5.39 Å². The molecule has 1 heterocycles. The number of alkyl halides is 1. The van der Waals surface area contributed by atoms with Crippen molar-refractivity contribution in [2.75, 3.05) is 6.61 Å². The van der Waals surface area contributed by atoms with E-state index in [9.17, 15) is 9.18 Å². The molecule has 6 heteroatoms. The zero-order valence-electron chi connectivity index (χ0n) is 9.09. The summed E-state index contributed by atoms with van der Waals surface area (Å²) in [7, 11) is 1.73. The topological polar surface area (TPSA) is 75.3 Å². The van der Waals surface area contributed by atoms with E-state index in [1.165, 1.54) is 18.3 Å². The summed E-state index contributed by atoms with van der Waals surface area (Å²) >= 11 is 0. The Morgan fingerprint density at radius 2 is 2.29 bits per heavy atom. The number of fused-ring (bicyclic) bond motifs is 1. The Morgan fingerprint density at radius 3 is 2.88 bits per heavy atom. The fraction of sp³-hybridized carbons (Fsp3) is 0.273. The van der Waals surface area contributed by atoms with Gasteiger partial charge in [-0.25, -0.2) is 9.18 Å². The Labute approximate surface area is 96.1 Å². The van der Waals surface area contributed by atoms with Gasteiger partial charge in [-0.2, -0.15) is 5.10 Å². The molecule has 90 valence electrons. The Bertz CT molecular complexity index is 581. The maximum Gasteiger partial charge on any atom is 0.348 e. The summed E-state index contributed by atoms with van der Waals surface area (Å²) in [5.41, 5.74) is -2.10. The number of carbonyl (C=O) groups is 1. The van der Waals surface area contributed by atoms with Gasteiger partial charge in [0.05, 0.1) is 18.3 Å². The molecule has 0 saturated heterocycles. The molecular formula is C11H11FN2O3. The van der Waals surface area contributed by atoms with Crippen molar-refractivity contribution in [2.45, 2.75) is 5.67 Å². The van der Waals surface area contributed by atoms with Crippen molar-refractivity contribution < 1.29 is 19.4 Å². The maximum atomic E-state index is 14.0. The van der Waals surface area contributed by atoms with E-state index in [4.69, 9.17) is 10.2 Å². The van der Waals surface area contributed by atoms with Crippen LogP contribution in [-0.4, -0.2) is 32.6 Å². The van der Waals surface area contributed by atoms with Gasteiger partial charge in [0.2, 0.25) is 0 Å². The minimum absolute atomic E-state index is 0.0898. The van der Waals surface area contributed by atoms with Crippen LogP contribution < -0.4 is 0 Å². The highest BCUT2D eigenvalue weighted by Crippen LogP contribution is 2.28. The molecule has 1 aromatic heterocycles. The number of hydrogen-bond donors (Lipinski definition) is 2. The number of aromatic nitrogens is 2. The molecular weight excluding hydrogens is 227 g/mol. The predicted octanol–water partition coefficient (Wildman–Crippen LogP) is 0.815. The first-order valence-corrected chi connectivity index (χ1v) is 4.94. The molecule has 1 atom stereocenters. The number of aliphatic hydroxyl groups excluding tert-OH is 1. The monoisotopic (exact) mass is 238 g/mol. The van der Waals surface area contributed by atoms with Gasteiger partial charge in [-0.15, -0.1) is 0 Å². The lowest BCUT2D eigenvalue weighted by molar-refractivity contribution is -0.154. The highest BCUT2D eigenvalue weighted by molar-refractivity contribution is 5.84. The van der Waals surface area contributed by atoms with E-state index in [2.05, 4.69) is 5.10 Å². The number of carboxylic acid groups (broad SMARTS) is 1. The molecule has 17 heavy (non-hydrogen) atoms. The van der Waals surface area contributed by atoms with Gasteiger partial charge in [-0.05, 0) is 12.1 Å². The first-order valence-electron chi connectivity index (χ1n) is 4.94. The first-order chi connectivity index (χ1) is 7.99. The molecule has 0 bridgehead atoms. The first kappa shape index (κ1) is 11.5. The number of carboxylic acids is 1. The number of hydrogen-bond acceptors (Lipinski definition) is 3. The Morgan fingerprint density at radius 1 is 1.59 bits per heavy atom. The zero-order chi connectivity index (χ0) is 12.6. The van der Waals surface area contributed by atoms with E-state index in [1.54, 1.807) is 17.8 Å². The molecule has 0 aliphatic carbocycles. The number of aryl methyl sites for hydroxylation is 1. The second-order valence-corrected chi connectivity index (χ2v) is 3.81. The van der Waals surface area contributed by atoms with Crippen LogP contribution in [0.1, 0.15) is 5.56 Å². The number of rotatable bonds is 3. The standard InChI is InChI=1S/C11H11FN2O3/c1-14-9-3-2-8(4-7(9)5-13-14)11(12,6-15)10(16)17/h2-5,15H,6H2,1H3,(H,16,17). The largest absolute Gasteiger partial charge is 0.479 e. The summed E-state index contributed by atoms with van der Waals surface area (Å²) in [6, 6.07) is 4.30. The van der Waals surface area contributed by atoms with E-state index in [1.807, 2.05) is 0 Å². The third-order valence-corrected chi connectivity index (χ3v) is 2.76. The molecule has 2 aromatic rings. The number of aliphatic hydroxyl groups is 1. The van der Waals surface area contributed by atoms with Gasteiger partial charge < -0.3 is 10.2 Å². The quantitative estimate of drug-likeness (QED) is 0.829. The smallest absolute Gasteiger partial charge is 0.348 e. The van der Waals surface area contributed by atoms with Crippen LogP contribution >= 0.6 is 0 Å². The second kappa shape index (κ2) is 3.81. The lowest BCUT2D eigenvalue weighted by Gasteiger charge is -2.18. The number of benzene rings is 1. The van der Waals surface area contributed by atoms with Crippen LogP contribution in [-0.2, 0) is 17.5 Å². The van der Waals surface area contributed by atoms with E-state index in [0.717, 1.165) is 5.52 Å². The minimum atomic E-state index is -2.77. The summed E-state index contributed by atoms with van der Waals surface area (Å²) in [4.78, 5) is 10.8. The molecule has 1 aromatic carbocycles. The lowest BCUT2D eigenvalue weighted by atomic mass is 9.96. The fourth-order valence-electron chi connectivity index (χ4n) is 1.69. The van der Waals surface area contributed by atoms with Gasteiger partial charge in [0.15, 0.2) is 0 Å². The predicted molar refractivity (Wildman–Crippen MR) is 58.2 cm³/mol. The number of aliphatic carboxylic acids is 1. The summed E-state index contributed by atoms with van der Waals surface area (Å²) in [6.07, 6.45) is 1.51. The zero-order valence-corrected chi connectivity index (χ0v) is 9.09. The highest BCUT2D eigenvalue weighted by Gasteiger charge is 2.40. The summed E-state index contributed by atoms with van der Waals surface area (Å²) < 4.78 is 15.6. The summed E-state index contributed by atoms with van der Waals surface area (Å²) in [6.45, 7) is -1.10. The van der Waals surface area contributed by atoms with Crippen LogP contribution in [0.3, 0.4) is 0 Å². The Kier molecular flexibility index (Phi) is 2.59. The van der Waals surface area contributed by atoms with Crippen molar-refractivity contribution >= 4 is 16.9 Å². The molecule has 2 rings (SSSR count). The van der Waals surface area contributed by atoms with Gasteiger partial charge in [-0.3, -0.25) is 4.68 Å². The number of halogens is 1. The van der Waals surface area contributed by atoms with Crippen LogP contribution in [0, 0.1) is 0 Å². The average Bonchev–Trinajstić information content (AvgIpc) is 2.69. The number of nitrogens with zero attached hydrogens (tertiary/aromatic N) is 2. The van der Waals surface area contributed by atoms with Crippen molar-refractivity contribution in [3.8, 4) is 0 Å². The normalized spacial score (nSPS) is 14.8.